The first kappa shape index (κ1) is 26.7. The quantitative estimate of drug-likeness (QED) is 0.605. The molecule has 0 spiro atoms. The van der Waals surface area contributed by atoms with Gasteiger partial charge in [0.15, 0.2) is 0 Å². The molecule has 202 valence electrons. The zero-order valence-electron chi connectivity index (χ0n) is 19.9. The van der Waals surface area contributed by atoms with Crippen molar-refractivity contribution in [2.24, 2.45) is 11.8 Å². The Kier molecular flexibility index (Phi) is 7.57. The summed E-state index contributed by atoms with van der Waals surface area (Å²) in [6.07, 6.45) is -7.77. The highest BCUT2D eigenvalue weighted by molar-refractivity contribution is 5.82. The molecule has 1 aromatic rings. The lowest BCUT2D eigenvalue weighted by Gasteiger charge is -2.31. The molecule has 4 fully saturated rings. The Balaban J connectivity index is 0.000000220. The number of hydrogen-bond acceptors (Lipinski definition) is 4. The number of carbonyl (C=O) groups excluding carboxylic acids is 2. The van der Waals surface area contributed by atoms with Gasteiger partial charge in [0.25, 0.3) is 0 Å². The van der Waals surface area contributed by atoms with Crippen LogP contribution in [0.2, 0.25) is 0 Å². The number of benzene rings is 1. The van der Waals surface area contributed by atoms with Crippen molar-refractivity contribution in [1.29, 1.82) is 0 Å². The Morgan fingerprint density at radius 1 is 0.889 bits per heavy atom. The second-order valence-corrected chi connectivity index (χ2v) is 9.97. The van der Waals surface area contributed by atoms with E-state index in [-0.39, 0.29) is 57.6 Å². The Morgan fingerprint density at radius 3 is 2.06 bits per heavy atom. The summed E-state index contributed by atoms with van der Waals surface area (Å²) < 4.78 is 74.0. The fourth-order valence-corrected chi connectivity index (χ4v) is 5.94. The molecule has 1 N–H and O–H groups in total. The van der Waals surface area contributed by atoms with Gasteiger partial charge < -0.3 is 15.1 Å². The Hall–Kier alpha value is -2.34. The summed E-state index contributed by atoms with van der Waals surface area (Å²) in [5.41, 5.74) is 1.16. The van der Waals surface area contributed by atoms with Crippen molar-refractivity contribution in [1.82, 2.24) is 20.0 Å². The molecule has 5 atom stereocenters. The fourth-order valence-electron chi connectivity index (χ4n) is 5.94. The lowest BCUT2D eigenvalue weighted by molar-refractivity contribution is -0.184. The summed E-state index contributed by atoms with van der Waals surface area (Å²) in [6, 6.07) is 10.2. The van der Waals surface area contributed by atoms with Crippen LogP contribution in [0.25, 0.3) is 0 Å². The number of nitrogens with zero attached hydrogens (tertiary/aromatic N) is 3. The number of alkyl halides is 6. The van der Waals surface area contributed by atoms with Crippen molar-refractivity contribution >= 4 is 11.8 Å². The number of hydrogen-bond donors (Lipinski definition) is 1. The lowest BCUT2D eigenvalue weighted by Crippen LogP contribution is -2.43. The highest BCUT2D eigenvalue weighted by atomic mass is 19.4. The smallest absolute Gasteiger partial charge is 0.333 e. The molecule has 6 nitrogen and oxygen atoms in total. The van der Waals surface area contributed by atoms with Crippen molar-refractivity contribution in [3.8, 4) is 0 Å². The highest BCUT2D eigenvalue weighted by Crippen LogP contribution is 2.38. The molecule has 0 aromatic heterocycles. The summed E-state index contributed by atoms with van der Waals surface area (Å²) in [5.74, 6) is -3.04. The van der Waals surface area contributed by atoms with E-state index in [2.05, 4.69) is 17.1 Å². The Bertz CT molecular complexity index is 935. The van der Waals surface area contributed by atoms with Crippen molar-refractivity contribution in [2.75, 3.05) is 39.3 Å². The van der Waals surface area contributed by atoms with Crippen molar-refractivity contribution in [2.45, 2.75) is 50.2 Å². The molecular weight excluding hydrogens is 490 g/mol. The van der Waals surface area contributed by atoms with Crippen LogP contribution < -0.4 is 5.32 Å². The Morgan fingerprint density at radius 2 is 1.47 bits per heavy atom. The van der Waals surface area contributed by atoms with Crippen molar-refractivity contribution in [3.63, 3.8) is 0 Å². The number of carbonyl (C=O) groups is 2. The van der Waals surface area contributed by atoms with Crippen LogP contribution in [0.4, 0.5) is 26.3 Å². The molecule has 4 heterocycles. The number of halogens is 6. The zero-order chi connectivity index (χ0) is 26.3. The molecule has 2 amide bonds. The maximum absolute atomic E-state index is 12.6. The van der Waals surface area contributed by atoms with Gasteiger partial charge in [-0.3, -0.25) is 14.5 Å². The highest BCUT2D eigenvalue weighted by Gasteiger charge is 2.50. The van der Waals surface area contributed by atoms with Crippen LogP contribution in [-0.4, -0.2) is 90.2 Å². The fraction of sp³-hybridized carbons (Fsp3) is 0.667. The van der Waals surface area contributed by atoms with Gasteiger partial charge in [-0.25, -0.2) is 0 Å². The van der Waals surface area contributed by atoms with Crippen LogP contribution in [0.3, 0.4) is 0 Å². The van der Waals surface area contributed by atoms with Crippen molar-refractivity contribution in [3.05, 3.63) is 35.9 Å². The predicted molar refractivity (Wildman–Crippen MR) is 121 cm³/mol. The SMILES string of the molecule is C[C@H](c1ccccc1)N1CC[C@H]2CN(C(=O)C(F)(F)F)C[C@H]21.O=C(N1C[C@@H]2CCN[C@@H]2C1)C(F)(F)F.[HH]. The number of rotatable bonds is 2. The van der Waals surface area contributed by atoms with E-state index >= 15 is 0 Å². The third-order valence-electron chi connectivity index (χ3n) is 7.79. The minimum Gasteiger partial charge on any atom is -0.333 e. The van der Waals surface area contributed by atoms with Crippen LogP contribution in [0.5, 0.6) is 0 Å². The van der Waals surface area contributed by atoms with Crippen LogP contribution >= 0.6 is 0 Å². The van der Waals surface area contributed by atoms with E-state index in [0.717, 1.165) is 41.3 Å². The first-order valence-corrected chi connectivity index (χ1v) is 12.1. The maximum atomic E-state index is 12.6. The molecule has 4 aliphatic rings. The van der Waals surface area contributed by atoms with Gasteiger partial charge in [0.05, 0.1) is 0 Å². The minimum absolute atomic E-state index is 0. The summed E-state index contributed by atoms with van der Waals surface area (Å²) >= 11 is 0. The second kappa shape index (κ2) is 10.2. The van der Waals surface area contributed by atoms with Crippen LogP contribution in [0.1, 0.15) is 32.8 Å². The Labute approximate surface area is 207 Å². The molecule has 1 aromatic carbocycles. The summed E-state index contributed by atoms with van der Waals surface area (Å²) in [6.45, 7) is 4.65. The van der Waals surface area contributed by atoms with Crippen LogP contribution in [-0.2, 0) is 9.59 Å². The van der Waals surface area contributed by atoms with Gasteiger partial charge in [0, 0.05) is 45.7 Å². The summed E-state index contributed by atoms with van der Waals surface area (Å²) in [4.78, 5) is 26.4. The number of likely N-dealkylation sites (tertiary alicyclic amines) is 3. The predicted octanol–water partition coefficient (Wildman–Crippen LogP) is 3.46. The van der Waals surface area contributed by atoms with E-state index in [1.165, 1.54) is 0 Å². The summed E-state index contributed by atoms with van der Waals surface area (Å²) in [7, 11) is 0. The molecule has 0 aliphatic carbocycles. The zero-order valence-corrected chi connectivity index (χ0v) is 19.9. The molecular formula is C24H32F6N4O2. The molecule has 0 saturated carbocycles. The topological polar surface area (TPSA) is 55.9 Å². The first-order valence-electron chi connectivity index (χ1n) is 12.1. The van der Waals surface area contributed by atoms with Crippen LogP contribution in [0.15, 0.2) is 30.3 Å². The van der Waals surface area contributed by atoms with E-state index in [4.69, 9.17) is 0 Å². The molecule has 5 rings (SSSR count). The normalized spacial score (nSPS) is 29.0. The number of fused-ring (bicyclic) bond motifs is 2. The monoisotopic (exact) mass is 522 g/mol. The van der Waals surface area contributed by atoms with Gasteiger partial charge in [-0.05, 0) is 50.3 Å². The number of nitrogens with one attached hydrogen (secondary N) is 1. The second-order valence-electron chi connectivity index (χ2n) is 9.97. The average Bonchev–Trinajstić information content (AvgIpc) is 3.57. The molecule has 4 saturated heterocycles. The third kappa shape index (κ3) is 5.64. The van der Waals surface area contributed by atoms with E-state index in [0.29, 0.717) is 0 Å². The molecule has 0 unspecified atom stereocenters. The molecule has 36 heavy (non-hydrogen) atoms. The van der Waals surface area contributed by atoms with Gasteiger partial charge >= 0.3 is 24.2 Å². The van der Waals surface area contributed by atoms with E-state index in [1.54, 1.807) is 0 Å². The third-order valence-corrected chi connectivity index (χ3v) is 7.79. The van der Waals surface area contributed by atoms with Crippen LogP contribution in [0, 0.1) is 11.8 Å². The average molecular weight is 523 g/mol. The van der Waals surface area contributed by atoms with Gasteiger partial charge in [-0.2, -0.15) is 26.3 Å². The van der Waals surface area contributed by atoms with E-state index in [9.17, 15) is 35.9 Å². The van der Waals surface area contributed by atoms with Crippen molar-refractivity contribution < 1.29 is 37.4 Å². The van der Waals surface area contributed by atoms with Gasteiger partial charge in [-0.15, -0.1) is 0 Å². The van der Waals surface area contributed by atoms with Gasteiger partial charge in [-0.1, -0.05) is 30.3 Å². The van der Waals surface area contributed by atoms with Gasteiger partial charge in [0.2, 0.25) is 0 Å². The minimum atomic E-state index is -4.77. The molecule has 0 radical (unpaired) electrons. The maximum Gasteiger partial charge on any atom is 0.471 e. The standard InChI is InChI=1S/C16H19F3N2O.C8H11F3N2O.H2/c1-11(12-5-3-2-4-6-12)21-8-7-13-9-20(10-14(13)21)15(22)16(17,18)19;9-8(10,11)7(14)13-3-5-1-2-12-6(5)4-13;/h2-6,11,13-14H,7-10H2,1H3;5-6,12H,1-4H2;1H/t11-,13+,14-;5-,6+;/m10./s1. The van der Waals surface area contributed by atoms with E-state index < -0.39 is 24.2 Å². The van der Waals surface area contributed by atoms with Gasteiger partial charge in [0.1, 0.15) is 0 Å². The van der Waals surface area contributed by atoms with E-state index in [1.807, 2.05) is 30.3 Å². The molecule has 4 aliphatic heterocycles. The first-order chi connectivity index (χ1) is 16.9. The lowest BCUT2D eigenvalue weighted by atomic mass is 10.0. The number of amides is 2. The molecule has 12 heteroatoms. The molecule has 0 bridgehead atoms. The summed E-state index contributed by atoms with van der Waals surface area (Å²) in [5, 5.41) is 3.09. The largest absolute Gasteiger partial charge is 0.471 e.